The van der Waals surface area contributed by atoms with Gasteiger partial charge in [0.2, 0.25) is 0 Å². The maximum absolute atomic E-state index is 4.90. The number of hydrogen-bond acceptors (Lipinski definition) is 2. The zero-order valence-corrected chi connectivity index (χ0v) is 8.02. The second kappa shape index (κ2) is 8.02. The van der Waals surface area contributed by atoms with E-state index in [-0.39, 0.29) is 0 Å². The van der Waals surface area contributed by atoms with Crippen molar-refractivity contribution in [1.82, 2.24) is 5.32 Å². The van der Waals surface area contributed by atoms with Crippen LogP contribution in [0.2, 0.25) is 0 Å². The van der Waals surface area contributed by atoms with Gasteiger partial charge in [-0.05, 0) is 12.8 Å². The monoisotopic (exact) mass is 159 g/mol. The number of nitrogens with one attached hydrogen (secondary N) is 1. The van der Waals surface area contributed by atoms with Crippen LogP contribution in [0.3, 0.4) is 0 Å². The molecular formula is C9H21NO. The summed E-state index contributed by atoms with van der Waals surface area (Å²) in [6.07, 6.45) is 4.14. The fourth-order valence-electron chi connectivity index (χ4n) is 0.977. The van der Waals surface area contributed by atoms with Crippen molar-refractivity contribution in [3.63, 3.8) is 0 Å². The summed E-state index contributed by atoms with van der Waals surface area (Å²) in [6, 6.07) is 0.806. The van der Waals surface area contributed by atoms with Crippen molar-refractivity contribution in [2.45, 2.75) is 39.2 Å². The van der Waals surface area contributed by atoms with Crippen LogP contribution in [0.1, 0.15) is 33.1 Å². The Labute approximate surface area is 70.3 Å². The third-order valence-corrected chi connectivity index (χ3v) is 1.84. The van der Waals surface area contributed by atoms with Crippen molar-refractivity contribution >= 4 is 0 Å². The van der Waals surface area contributed by atoms with Crippen LogP contribution in [0.5, 0.6) is 0 Å². The van der Waals surface area contributed by atoms with Gasteiger partial charge in [-0.1, -0.05) is 20.3 Å². The van der Waals surface area contributed by atoms with E-state index >= 15 is 0 Å². The Balaban J connectivity index is 0.000000461. The molecule has 0 aromatic rings. The molecule has 68 valence electrons. The molecule has 0 heterocycles. The van der Waals surface area contributed by atoms with Crippen LogP contribution in [0.15, 0.2) is 0 Å². The van der Waals surface area contributed by atoms with Gasteiger partial charge in [0.15, 0.2) is 0 Å². The van der Waals surface area contributed by atoms with Gasteiger partial charge in [0.05, 0.1) is 6.61 Å². The number of hydrogen-bond donors (Lipinski definition) is 1. The van der Waals surface area contributed by atoms with E-state index in [0.717, 1.165) is 19.2 Å². The summed E-state index contributed by atoms with van der Waals surface area (Å²) < 4.78 is 4.90. The van der Waals surface area contributed by atoms with Crippen molar-refractivity contribution in [3.05, 3.63) is 0 Å². The third kappa shape index (κ3) is 5.22. The molecule has 0 spiro atoms. The summed E-state index contributed by atoms with van der Waals surface area (Å²) in [7, 11) is 1.74. The summed E-state index contributed by atoms with van der Waals surface area (Å²) in [5.74, 6) is 0. The first-order chi connectivity index (χ1) is 5.43. The third-order valence-electron chi connectivity index (χ3n) is 1.84. The standard InChI is InChI=1S/C7H15NO.C2H6/c1-9-6-5-8-7-3-2-4-7;1-2/h7-8H,2-6H2,1H3;1-2H3. The largest absolute Gasteiger partial charge is 0.383 e. The van der Waals surface area contributed by atoms with Crippen LogP contribution >= 0.6 is 0 Å². The highest BCUT2D eigenvalue weighted by molar-refractivity contribution is 4.75. The summed E-state index contributed by atoms with van der Waals surface area (Å²) >= 11 is 0. The van der Waals surface area contributed by atoms with Crippen molar-refractivity contribution in [3.8, 4) is 0 Å². The second-order valence-corrected chi connectivity index (χ2v) is 2.57. The van der Waals surface area contributed by atoms with Gasteiger partial charge in [0.25, 0.3) is 0 Å². The predicted molar refractivity (Wildman–Crippen MR) is 48.9 cm³/mol. The van der Waals surface area contributed by atoms with E-state index in [1.165, 1.54) is 19.3 Å². The van der Waals surface area contributed by atoms with E-state index in [4.69, 9.17) is 4.74 Å². The molecule has 0 amide bonds. The van der Waals surface area contributed by atoms with E-state index in [0.29, 0.717) is 0 Å². The Hall–Kier alpha value is -0.0800. The molecule has 11 heavy (non-hydrogen) atoms. The molecule has 0 saturated heterocycles. The highest BCUT2D eigenvalue weighted by atomic mass is 16.5. The SMILES string of the molecule is CC.COCCNC1CCC1. The summed E-state index contributed by atoms with van der Waals surface area (Å²) in [5.41, 5.74) is 0. The fourth-order valence-corrected chi connectivity index (χ4v) is 0.977. The van der Waals surface area contributed by atoms with Crippen molar-refractivity contribution in [1.29, 1.82) is 0 Å². The molecule has 0 atom stereocenters. The van der Waals surface area contributed by atoms with Crippen LogP contribution in [-0.4, -0.2) is 26.3 Å². The molecule has 1 fully saturated rings. The molecule has 1 N–H and O–H groups in total. The second-order valence-electron chi connectivity index (χ2n) is 2.57. The van der Waals surface area contributed by atoms with E-state index in [1.807, 2.05) is 13.8 Å². The Kier molecular flexibility index (Phi) is 7.96. The maximum atomic E-state index is 4.90. The minimum absolute atomic E-state index is 0.806. The molecule has 1 rings (SSSR count). The topological polar surface area (TPSA) is 21.3 Å². The first-order valence-corrected chi connectivity index (χ1v) is 4.66. The number of methoxy groups -OCH3 is 1. The fraction of sp³-hybridized carbons (Fsp3) is 1.00. The minimum Gasteiger partial charge on any atom is -0.383 e. The minimum atomic E-state index is 0.806. The van der Waals surface area contributed by atoms with Gasteiger partial charge >= 0.3 is 0 Å². The van der Waals surface area contributed by atoms with Gasteiger partial charge < -0.3 is 10.1 Å². The summed E-state index contributed by atoms with van der Waals surface area (Å²) in [6.45, 7) is 5.86. The van der Waals surface area contributed by atoms with Gasteiger partial charge in [0, 0.05) is 19.7 Å². The molecule has 0 aliphatic heterocycles. The van der Waals surface area contributed by atoms with Crippen LogP contribution in [0.4, 0.5) is 0 Å². The predicted octanol–water partition coefficient (Wildman–Crippen LogP) is 1.80. The molecule has 2 nitrogen and oxygen atoms in total. The normalized spacial score (nSPS) is 16.6. The molecule has 1 saturated carbocycles. The van der Waals surface area contributed by atoms with Crippen LogP contribution in [0.25, 0.3) is 0 Å². The highest BCUT2D eigenvalue weighted by Crippen LogP contribution is 2.17. The highest BCUT2D eigenvalue weighted by Gasteiger charge is 2.15. The van der Waals surface area contributed by atoms with Crippen molar-refractivity contribution in [2.75, 3.05) is 20.3 Å². The Morgan fingerprint density at radius 1 is 1.36 bits per heavy atom. The lowest BCUT2D eigenvalue weighted by Gasteiger charge is -2.26. The van der Waals surface area contributed by atoms with Gasteiger partial charge in [-0.3, -0.25) is 0 Å². The van der Waals surface area contributed by atoms with Gasteiger partial charge in [0.1, 0.15) is 0 Å². The number of rotatable bonds is 4. The Morgan fingerprint density at radius 3 is 2.36 bits per heavy atom. The quantitative estimate of drug-likeness (QED) is 0.632. The molecule has 1 aliphatic carbocycles. The van der Waals surface area contributed by atoms with E-state index in [1.54, 1.807) is 7.11 Å². The average molecular weight is 159 g/mol. The van der Waals surface area contributed by atoms with Crippen LogP contribution < -0.4 is 5.32 Å². The summed E-state index contributed by atoms with van der Waals surface area (Å²) in [5, 5.41) is 3.40. The first kappa shape index (κ1) is 10.9. The van der Waals surface area contributed by atoms with E-state index < -0.39 is 0 Å². The molecule has 0 aromatic carbocycles. The lowest BCUT2D eigenvalue weighted by molar-refractivity contribution is 0.188. The van der Waals surface area contributed by atoms with E-state index in [2.05, 4.69) is 5.32 Å². The zero-order chi connectivity index (χ0) is 8.53. The molecule has 1 aliphatic rings. The Bertz CT molecular complexity index is 72.0. The van der Waals surface area contributed by atoms with Crippen LogP contribution in [-0.2, 0) is 4.74 Å². The zero-order valence-electron chi connectivity index (χ0n) is 8.02. The molecule has 0 bridgehead atoms. The van der Waals surface area contributed by atoms with Crippen molar-refractivity contribution in [2.24, 2.45) is 0 Å². The first-order valence-electron chi connectivity index (χ1n) is 4.66. The lowest BCUT2D eigenvalue weighted by atomic mass is 9.93. The molecule has 0 radical (unpaired) electrons. The molecule has 2 heteroatoms. The van der Waals surface area contributed by atoms with Gasteiger partial charge in [-0.2, -0.15) is 0 Å². The summed E-state index contributed by atoms with van der Waals surface area (Å²) in [4.78, 5) is 0. The molecular weight excluding hydrogens is 138 g/mol. The average Bonchev–Trinajstić information content (AvgIpc) is 1.99. The lowest BCUT2D eigenvalue weighted by Crippen LogP contribution is -2.36. The van der Waals surface area contributed by atoms with E-state index in [9.17, 15) is 0 Å². The van der Waals surface area contributed by atoms with Crippen LogP contribution in [0, 0.1) is 0 Å². The van der Waals surface area contributed by atoms with Crippen molar-refractivity contribution < 1.29 is 4.74 Å². The maximum Gasteiger partial charge on any atom is 0.0587 e. The Morgan fingerprint density at radius 2 is 2.00 bits per heavy atom. The van der Waals surface area contributed by atoms with Gasteiger partial charge in [-0.25, -0.2) is 0 Å². The number of ether oxygens (including phenoxy) is 1. The van der Waals surface area contributed by atoms with Gasteiger partial charge in [-0.15, -0.1) is 0 Å². The molecule has 0 aromatic heterocycles. The molecule has 0 unspecified atom stereocenters. The smallest absolute Gasteiger partial charge is 0.0587 e.